The number of pyridine rings is 1. The van der Waals surface area contributed by atoms with Gasteiger partial charge in [0, 0.05) is 25.8 Å². The second kappa shape index (κ2) is 6.72. The van der Waals surface area contributed by atoms with Crippen molar-refractivity contribution in [1.29, 1.82) is 0 Å². The first-order chi connectivity index (χ1) is 13.7. The molecule has 6 heteroatoms. The number of methoxy groups -OCH3 is 1. The molecule has 28 heavy (non-hydrogen) atoms. The quantitative estimate of drug-likeness (QED) is 0.536. The molecule has 5 nitrogen and oxygen atoms in total. The molecule has 3 aromatic rings. The summed E-state index contributed by atoms with van der Waals surface area (Å²) in [7, 11) is 1.68. The highest BCUT2D eigenvalue weighted by Gasteiger charge is 2.33. The average Bonchev–Trinajstić information content (AvgIpc) is 3.44. The van der Waals surface area contributed by atoms with Crippen LogP contribution in [0.4, 0.5) is 0 Å². The maximum absolute atomic E-state index is 13.5. The van der Waals surface area contributed by atoms with Gasteiger partial charge in [-0.2, -0.15) is 0 Å². The highest BCUT2D eigenvalue weighted by Crippen LogP contribution is 2.39. The van der Waals surface area contributed by atoms with Gasteiger partial charge in [-0.25, -0.2) is 0 Å². The number of amides is 1. The SMILES string of the molecule is COC1CCN(C(=O)c2cc(-c3ccccc3)c(=O)n3c2-c2sccc2C3)C1. The standard InChI is InChI=1S/C22H20N2O3S/c1-27-16-7-9-23(13-16)21(25)18-11-17(14-5-3-2-4-6-14)22(26)24-12-15-8-10-28-20(15)19(18)24/h2-6,8,10-11,16H,7,9,12-13H2,1H3. The van der Waals surface area contributed by atoms with E-state index in [4.69, 9.17) is 4.74 Å². The molecule has 0 spiro atoms. The molecule has 0 saturated carbocycles. The Balaban J connectivity index is 1.69. The molecule has 1 saturated heterocycles. The topological polar surface area (TPSA) is 51.5 Å². The van der Waals surface area contributed by atoms with Crippen molar-refractivity contribution in [2.75, 3.05) is 20.2 Å². The van der Waals surface area contributed by atoms with Crippen molar-refractivity contribution in [3.63, 3.8) is 0 Å². The third-order valence-corrected chi connectivity index (χ3v) is 6.62. The first kappa shape index (κ1) is 17.4. The van der Waals surface area contributed by atoms with Crippen LogP contribution < -0.4 is 5.56 Å². The van der Waals surface area contributed by atoms with Gasteiger partial charge in [-0.1, -0.05) is 30.3 Å². The zero-order chi connectivity index (χ0) is 19.3. The Bertz CT molecular complexity index is 1120. The van der Waals surface area contributed by atoms with Gasteiger partial charge in [0.15, 0.2) is 0 Å². The minimum atomic E-state index is -0.0441. The van der Waals surface area contributed by atoms with E-state index in [1.807, 2.05) is 46.7 Å². The molecule has 1 atom stereocenters. The molecule has 1 amide bonds. The number of carbonyl (C=O) groups excluding carboxylic acids is 1. The second-order valence-electron chi connectivity index (χ2n) is 7.25. The number of carbonyl (C=O) groups is 1. The van der Waals surface area contributed by atoms with Gasteiger partial charge in [0.25, 0.3) is 11.5 Å². The van der Waals surface area contributed by atoms with Crippen LogP contribution in [0.2, 0.25) is 0 Å². The minimum absolute atomic E-state index is 0.0262. The smallest absolute Gasteiger partial charge is 0.259 e. The normalized spacial score (nSPS) is 17.6. The summed E-state index contributed by atoms with van der Waals surface area (Å²) < 4.78 is 7.19. The molecule has 1 unspecified atom stereocenters. The van der Waals surface area contributed by atoms with Crippen LogP contribution in [0, 0.1) is 0 Å². The Hall–Kier alpha value is -2.70. The van der Waals surface area contributed by atoms with Crippen molar-refractivity contribution < 1.29 is 9.53 Å². The number of benzene rings is 1. The van der Waals surface area contributed by atoms with Gasteiger partial charge < -0.3 is 14.2 Å². The lowest BCUT2D eigenvalue weighted by Gasteiger charge is -2.19. The summed E-state index contributed by atoms with van der Waals surface area (Å²) in [5.74, 6) is -0.0262. The first-order valence-corrected chi connectivity index (χ1v) is 10.3. The summed E-state index contributed by atoms with van der Waals surface area (Å²) in [4.78, 5) is 29.6. The van der Waals surface area contributed by atoms with Crippen molar-refractivity contribution in [2.45, 2.75) is 19.1 Å². The lowest BCUT2D eigenvalue weighted by atomic mass is 10.0. The molecule has 4 heterocycles. The highest BCUT2D eigenvalue weighted by molar-refractivity contribution is 7.13. The maximum atomic E-state index is 13.5. The number of rotatable bonds is 3. The number of nitrogens with zero attached hydrogens (tertiary/aromatic N) is 2. The van der Waals surface area contributed by atoms with Crippen LogP contribution in [0.15, 0.2) is 52.6 Å². The van der Waals surface area contributed by atoms with Crippen LogP contribution in [-0.2, 0) is 11.3 Å². The van der Waals surface area contributed by atoms with Crippen molar-refractivity contribution >= 4 is 17.2 Å². The van der Waals surface area contributed by atoms with Crippen LogP contribution in [0.5, 0.6) is 0 Å². The van der Waals surface area contributed by atoms with Crippen LogP contribution >= 0.6 is 11.3 Å². The Labute approximate surface area is 166 Å². The first-order valence-electron chi connectivity index (χ1n) is 9.39. The van der Waals surface area contributed by atoms with E-state index < -0.39 is 0 Å². The fourth-order valence-corrected chi connectivity index (χ4v) is 5.15. The van der Waals surface area contributed by atoms with Gasteiger partial charge in [-0.15, -0.1) is 11.3 Å². The number of aromatic nitrogens is 1. The molecule has 2 aliphatic rings. The number of likely N-dealkylation sites (tertiary alicyclic amines) is 1. The summed E-state index contributed by atoms with van der Waals surface area (Å²) in [6.07, 6.45) is 0.918. The van der Waals surface area contributed by atoms with Gasteiger partial charge in [0.05, 0.1) is 28.8 Å². The summed E-state index contributed by atoms with van der Waals surface area (Å²) in [5, 5.41) is 2.02. The molecule has 2 aliphatic heterocycles. The Morgan fingerprint density at radius 3 is 2.79 bits per heavy atom. The van der Waals surface area contributed by atoms with Crippen molar-refractivity contribution in [1.82, 2.24) is 9.47 Å². The van der Waals surface area contributed by atoms with Crippen LogP contribution in [0.25, 0.3) is 21.7 Å². The molecule has 0 radical (unpaired) electrons. The third kappa shape index (κ3) is 2.64. The molecular formula is C22H20N2O3S. The molecule has 5 rings (SSSR count). The summed E-state index contributed by atoms with van der Waals surface area (Å²) in [6.45, 7) is 1.79. The van der Waals surface area contributed by atoms with E-state index in [9.17, 15) is 9.59 Å². The van der Waals surface area contributed by atoms with Crippen molar-refractivity contribution in [3.8, 4) is 21.7 Å². The van der Waals surface area contributed by atoms with Gasteiger partial charge >= 0.3 is 0 Å². The minimum Gasteiger partial charge on any atom is -0.380 e. The molecule has 0 aliphatic carbocycles. The van der Waals surface area contributed by atoms with Gasteiger partial charge in [0.2, 0.25) is 0 Å². The Kier molecular flexibility index (Phi) is 4.18. The molecule has 142 valence electrons. The van der Waals surface area contributed by atoms with E-state index in [0.717, 1.165) is 28.1 Å². The number of ether oxygens (including phenoxy) is 1. The Morgan fingerprint density at radius 1 is 1.21 bits per heavy atom. The van der Waals surface area contributed by atoms with Crippen molar-refractivity contribution in [3.05, 3.63) is 69.3 Å². The monoisotopic (exact) mass is 392 g/mol. The zero-order valence-corrected chi connectivity index (χ0v) is 16.4. The summed E-state index contributed by atoms with van der Waals surface area (Å²) in [5.41, 5.74) is 3.85. The lowest BCUT2D eigenvalue weighted by molar-refractivity contribution is 0.0724. The van der Waals surface area contributed by atoms with Gasteiger partial charge in [-0.05, 0) is 35.1 Å². The predicted octanol–water partition coefficient (Wildman–Crippen LogP) is 3.47. The average molecular weight is 392 g/mol. The molecule has 1 aromatic carbocycles. The summed E-state index contributed by atoms with van der Waals surface area (Å²) >= 11 is 1.59. The van der Waals surface area contributed by atoms with E-state index >= 15 is 0 Å². The fourth-order valence-electron chi connectivity index (χ4n) is 4.16. The molecule has 2 aromatic heterocycles. The van der Waals surface area contributed by atoms with Gasteiger partial charge in [0.1, 0.15) is 0 Å². The van der Waals surface area contributed by atoms with E-state index in [0.29, 0.717) is 30.8 Å². The number of thiophene rings is 1. The van der Waals surface area contributed by atoms with Crippen molar-refractivity contribution in [2.24, 2.45) is 0 Å². The van der Waals surface area contributed by atoms with Crippen LogP contribution in [-0.4, -0.2) is 41.7 Å². The van der Waals surface area contributed by atoms with E-state index in [1.54, 1.807) is 29.1 Å². The third-order valence-electron chi connectivity index (χ3n) is 5.66. The molecule has 0 N–H and O–H groups in total. The molecule has 0 bridgehead atoms. The van der Waals surface area contributed by atoms with E-state index in [-0.39, 0.29) is 17.6 Å². The van der Waals surface area contributed by atoms with Crippen LogP contribution in [0.1, 0.15) is 22.3 Å². The lowest BCUT2D eigenvalue weighted by Crippen LogP contribution is -2.32. The van der Waals surface area contributed by atoms with Crippen LogP contribution in [0.3, 0.4) is 0 Å². The van der Waals surface area contributed by atoms with E-state index in [1.165, 1.54) is 0 Å². The Morgan fingerprint density at radius 2 is 2.04 bits per heavy atom. The maximum Gasteiger partial charge on any atom is 0.259 e. The predicted molar refractivity (Wildman–Crippen MR) is 110 cm³/mol. The largest absolute Gasteiger partial charge is 0.380 e. The molecular weight excluding hydrogens is 372 g/mol. The number of hydrogen-bond acceptors (Lipinski definition) is 4. The zero-order valence-electron chi connectivity index (χ0n) is 15.6. The second-order valence-corrected chi connectivity index (χ2v) is 8.17. The molecule has 1 fully saturated rings. The number of hydrogen-bond donors (Lipinski definition) is 0. The summed E-state index contributed by atoms with van der Waals surface area (Å²) in [6, 6.07) is 13.4. The highest BCUT2D eigenvalue weighted by atomic mass is 32.1. The number of fused-ring (bicyclic) bond motifs is 3. The van der Waals surface area contributed by atoms with Gasteiger partial charge in [-0.3, -0.25) is 9.59 Å². The van der Waals surface area contributed by atoms with E-state index in [2.05, 4.69) is 0 Å². The fraction of sp³-hybridized carbons (Fsp3) is 0.273.